The summed E-state index contributed by atoms with van der Waals surface area (Å²) < 4.78 is 50.4. The van der Waals surface area contributed by atoms with E-state index < -0.39 is 18.8 Å². The normalized spacial score (nSPS) is 12.4. The molecule has 4 aromatic carbocycles. The van der Waals surface area contributed by atoms with Crippen LogP contribution in [-0.4, -0.2) is 57.2 Å². The van der Waals surface area contributed by atoms with Crippen molar-refractivity contribution in [3.63, 3.8) is 0 Å². The summed E-state index contributed by atoms with van der Waals surface area (Å²) in [5.41, 5.74) is 9.14. The van der Waals surface area contributed by atoms with Gasteiger partial charge in [0.1, 0.15) is 35.0 Å². The monoisotopic (exact) mass is 882 g/mol. The Labute approximate surface area is 360 Å². The number of carbonyl (C=O) groups excluding carboxylic acids is 1. The molecule has 1 saturated heterocycles. The standard InChI is InChI=1S/C15H11ClF3N3O3.C15H10O4.C14H13N3S/c16-11-3-1-2-9(6-11)13(20)22-25-14(23)10-4-5-12(21-7-10)24-8-15(17,18)19;16-10-3-1-9(2-4-10)13-8-19-14-7-11(17)5-6-12(14)15(13)18;15-10-12-13(11-6-2-1-3-7-11)18-16-14(12)17-8-4-5-9-17/h1-7H,8H2,(H2,20,22);1-8,16-17H;1-3,6-7H,4-5,8-9H2. The predicted molar refractivity (Wildman–Crippen MR) is 228 cm³/mol. The number of nitrogens with zero attached hydrogens (tertiary/aromatic N) is 5. The number of aromatic nitrogens is 2. The largest absolute Gasteiger partial charge is 0.508 e. The van der Waals surface area contributed by atoms with Crippen LogP contribution in [0.3, 0.4) is 0 Å². The number of phenolic OH excluding ortho intramolecular Hbond substituents is 2. The summed E-state index contributed by atoms with van der Waals surface area (Å²) in [4.78, 5) is 35.6. The second-order valence-electron chi connectivity index (χ2n) is 13.2. The van der Waals surface area contributed by atoms with E-state index in [9.17, 15) is 38.2 Å². The number of aromatic hydroxyl groups is 2. The van der Waals surface area contributed by atoms with Crippen LogP contribution >= 0.6 is 23.1 Å². The van der Waals surface area contributed by atoms with Gasteiger partial charge in [-0.05, 0) is 78.0 Å². The first-order chi connectivity index (χ1) is 29.8. The summed E-state index contributed by atoms with van der Waals surface area (Å²) in [7, 11) is 0. The molecule has 13 nitrogen and oxygen atoms in total. The number of halogens is 4. The number of benzene rings is 4. The second kappa shape index (κ2) is 20.2. The Morgan fingerprint density at radius 1 is 0.935 bits per heavy atom. The lowest BCUT2D eigenvalue weighted by Gasteiger charge is -2.14. The minimum Gasteiger partial charge on any atom is -0.508 e. The second-order valence-corrected chi connectivity index (χ2v) is 14.5. The lowest BCUT2D eigenvalue weighted by molar-refractivity contribution is -0.154. The number of alkyl halides is 3. The Bertz CT molecular complexity index is 2770. The van der Waals surface area contributed by atoms with Gasteiger partial charge in [0.2, 0.25) is 5.88 Å². The van der Waals surface area contributed by atoms with E-state index in [-0.39, 0.29) is 34.2 Å². The van der Waals surface area contributed by atoms with Crippen LogP contribution in [0.2, 0.25) is 5.02 Å². The molecular formula is C44H34ClF3N6O7S. The summed E-state index contributed by atoms with van der Waals surface area (Å²) in [6.07, 6.45) is 0.271. The van der Waals surface area contributed by atoms with Crippen molar-refractivity contribution in [3.05, 3.63) is 154 Å². The Morgan fingerprint density at radius 2 is 1.66 bits per heavy atom. The van der Waals surface area contributed by atoms with E-state index in [0.717, 1.165) is 47.2 Å². The Balaban J connectivity index is 0.000000158. The van der Waals surface area contributed by atoms with E-state index in [4.69, 9.17) is 21.8 Å². The van der Waals surface area contributed by atoms with Gasteiger partial charge in [0.15, 0.2) is 23.7 Å². The van der Waals surface area contributed by atoms with Crippen LogP contribution in [0.5, 0.6) is 17.4 Å². The van der Waals surface area contributed by atoms with Crippen molar-refractivity contribution in [2.75, 3.05) is 24.6 Å². The number of oxime groups is 1. The molecule has 8 rings (SSSR count). The van der Waals surface area contributed by atoms with E-state index >= 15 is 0 Å². The molecule has 0 saturated carbocycles. The van der Waals surface area contributed by atoms with Crippen molar-refractivity contribution in [1.29, 1.82) is 5.26 Å². The third-order valence-corrected chi connectivity index (χ3v) is 9.99. The summed E-state index contributed by atoms with van der Waals surface area (Å²) >= 11 is 7.23. The number of ether oxygens (including phenoxy) is 1. The minimum absolute atomic E-state index is 0.0398. The molecule has 0 aliphatic carbocycles. The molecule has 0 amide bonds. The van der Waals surface area contributed by atoms with Crippen molar-refractivity contribution in [2.45, 2.75) is 19.0 Å². The number of amidine groups is 1. The number of anilines is 1. The van der Waals surface area contributed by atoms with Crippen LogP contribution < -0.4 is 20.8 Å². The van der Waals surface area contributed by atoms with Crippen LogP contribution in [0.4, 0.5) is 19.0 Å². The maximum atomic E-state index is 12.3. The topological polar surface area (TPSA) is 197 Å². The van der Waals surface area contributed by atoms with Crippen LogP contribution in [0.25, 0.3) is 32.5 Å². The quantitative estimate of drug-likeness (QED) is 0.0567. The fourth-order valence-electron chi connectivity index (χ4n) is 5.86. The molecule has 0 unspecified atom stereocenters. The summed E-state index contributed by atoms with van der Waals surface area (Å²) in [5.74, 6) is -0.185. The van der Waals surface area contributed by atoms with E-state index in [0.29, 0.717) is 32.7 Å². The number of nitriles is 1. The average molecular weight is 883 g/mol. The SMILES string of the molecule is N#Cc1c(N2CCCC2)nsc1-c1ccccc1.NC(=NOC(=O)c1ccc(OCC(F)(F)F)nc1)c1cccc(Cl)c1.O=c1c(-c2ccc(O)cc2)coc2cc(O)ccc12. The number of hydrogen-bond acceptors (Lipinski definition) is 13. The number of pyridine rings is 1. The molecule has 0 spiro atoms. The zero-order valence-electron chi connectivity index (χ0n) is 32.3. The Morgan fingerprint density at radius 3 is 2.32 bits per heavy atom. The number of fused-ring (bicyclic) bond motifs is 1. The van der Waals surface area contributed by atoms with Crippen molar-refractivity contribution in [3.8, 4) is 45.0 Å². The fourth-order valence-corrected chi connectivity index (χ4v) is 6.90. The molecular weight excluding hydrogens is 849 g/mol. The number of carbonyl (C=O) groups is 1. The van der Waals surface area contributed by atoms with Crippen molar-refractivity contribution >= 4 is 51.7 Å². The lowest BCUT2D eigenvalue weighted by Crippen LogP contribution is -2.19. The number of rotatable bonds is 8. The molecule has 7 aromatic rings. The van der Waals surface area contributed by atoms with Gasteiger partial charge in [-0.15, -0.1) is 0 Å². The van der Waals surface area contributed by atoms with Gasteiger partial charge in [0, 0.05) is 42.0 Å². The molecule has 4 heterocycles. The van der Waals surface area contributed by atoms with Crippen molar-refractivity contribution in [1.82, 2.24) is 9.36 Å². The van der Waals surface area contributed by atoms with Crippen LogP contribution in [0.15, 0.2) is 136 Å². The Hall–Kier alpha value is -7.42. The van der Waals surface area contributed by atoms with Crippen LogP contribution in [0.1, 0.15) is 34.3 Å². The molecule has 0 atom stereocenters. The summed E-state index contributed by atoms with van der Waals surface area (Å²) in [6, 6.07) is 31.8. The summed E-state index contributed by atoms with van der Waals surface area (Å²) in [6.45, 7) is 0.559. The van der Waals surface area contributed by atoms with Gasteiger partial charge in [0.05, 0.1) is 21.4 Å². The van der Waals surface area contributed by atoms with Gasteiger partial charge in [-0.25, -0.2) is 9.78 Å². The number of hydrogen-bond donors (Lipinski definition) is 3. The van der Waals surface area contributed by atoms with E-state index in [2.05, 4.69) is 35.1 Å². The molecule has 1 aliphatic heterocycles. The first kappa shape index (κ1) is 44.1. The molecule has 0 bridgehead atoms. The zero-order valence-corrected chi connectivity index (χ0v) is 33.8. The van der Waals surface area contributed by atoms with Gasteiger partial charge in [-0.2, -0.15) is 22.8 Å². The predicted octanol–water partition coefficient (Wildman–Crippen LogP) is 9.31. The van der Waals surface area contributed by atoms with Gasteiger partial charge < -0.3 is 34.8 Å². The van der Waals surface area contributed by atoms with Gasteiger partial charge >= 0.3 is 12.1 Å². The highest BCUT2D eigenvalue weighted by Crippen LogP contribution is 2.35. The smallest absolute Gasteiger partial charge is 0.422 e. The lowest BCUT2D eigenvalue weighted by atomic mass is 10.1. The van der Waals surface area contributed by atoms with Crippen LogP contribution in [0, 0.1) is 11.3 Å². The first-order valence-corrected chi connectivity index (χ1v) is 19.6. The van der Waals surface area contributed by atoms with Crippen molar-refractivity contribution in [2.24, 2.45) is 10.9 Å². The molecule has 62 heavy (non-hydrogen) atoms. The molecule has 4 N–H and O–H groups in total. The highest BCUT2D eigenvalue weighted by molar-refractivity contribution is 7.10. The molecule has 0 radical (unpaired) electrons. The highest BCUT2D eigenvalue weighted by atomic mass is 35.5. The van der Waals surface area contributed by atoms with E-state index in [1.54, 1.807) is 30.3 Å². The highest BCUT2D eigenvalue weighted by Gasteiger charge is 2.28. The average Bonchev–Trinajstić information content (AvgIpc) is 3.97. The third kappa shape index (κ3) is 11.6. The molecule has 316 valence electrons. The number of nitrogens with two attached hydrogens (primary N) is 1. The van der Waals surface area contributed by atoms with E-state index in [1.165, 1.54) is 73.1 Å². The minimum atomic E-state index is -4.48. The molecule has 1 fully saturated rings. The van der Waals surface area contributed by atoms with Crippen LogP contribution in [-0.2, 0) is 4.84 Å². The third-order valence-electron chi connectivity index (χ3n) is 8.87. The molecule has 1 aliphatic rings. The first-order valence-electron chi connectivity index (χ1n) is 18.5. The molecule has 3 aromatic heterocycles. The van der Waals surface area contributed by atoms with Gasteiger partial charge in [-0.1, -0.05) is 71.4 Å². The Kier molecular flexibility index (Phi) is 14.4. The van der Waals surface area contributed by atoms with Crippen molar-refractivity contribution < 1.29 is 42.2 Å². The van der Waals surface area contributed by atoms with Gasteiger partial charge in [0.25, 0.3) is 0 Å². The van der Waals surface area contributed by atoms with Gasteiger partial charge in [-0.3, -0.25) is 4.79 Å². The maximum absolute atomic E-state index is 12.3. The fraction of sp³-hybridized carbons (Fsp3) is 0.136. The number of phenols is 2. The zero-order chi connectivity index (χ0) is 44.2. The van der Waals surface area contributed by atoms with E-state index in [1.807, 2.05) is 30.3 Å². The summed E-state index contributed by atoms with van der Waals surface area (Å²) in [5, 5.41) is 32.3. The maximum Gasteiger partial charge on any atom is 0.422 e. The molecule has 18 heteroatoms.